The van der Waals surface area contributed by atoms with Crippen molar-refractivity contribution in [2.24, 2.45) is 0 Å². The fraction of sp³-hybridized carbons (Fsp3) is 0.526. The first kappa shape index (κ1) is 19.0. The predicted molar refractivity (Wildman–Crippen MR) is 98.8 cm³/mol. The molecular weight excluding hydrogens is 338 g/mol. The van der Waals surface area contributed by atoms with Gasteiger partial charge in [0.15, 0.2) is 0 Å². The van der Waals surface area contributed by atoms with Crippen molar-refractivity contribution in [2.45, 2.75) is 52.4 Å². The molecular formula is C19H28BrNO. The monoisotopic (exact) mass is 365 g/mol. The number of nitrogens with zero attached hydrogens (tertiary/aromatic N) is 1. The Kier molecular flexibility index (Phi) is 9.89. The summed E-state index contributed by atoms with van der Waals surface area (Å²) in [4.78, 5) is 14.4. The molecule has 0 fully saturated rings. The topological polar surface area (TPSA) is 20.3 Å². The van der Waals surface area contributed by atoms with Crippen LogP contribution < -0.4 is 0 Å². The van der Waals surface area contributed by atoms with Crippen LogP contribution in [0.2, 0.25) is 0 Å². The van der Waals surface area contributed by atoms with Crippen molar-refractivity contribution in [3.05, 3.63) is 40.4 Å². The molecule has 2 nitrogen and oxygen atoms in total. The lowest BCUT2D eigenvalue weighted by molar-refractivity contribution is -0.126. The molecule has 1 aromatic rings. The van der Waals surface area contributed by atoms with Gasteiger partial charge >= 0.3 is 0 Å². The first-order valence-electron chi connectivity index (χ1n) is 8.40. The highest BCUT2D eigenvalue weighted by atomic mass is 79.9. The maximum absolute atomic E-state index is 12.4. The normalized spacial score (nSPS) is 11.0. The maximum Gasteiger partial charge on any atom is 0.246 e. The van der Waals surface area contributed by atoms with Gasteiger partial charge in [0.25, 0.3) is 0 Å². The molecule has 0 bridgehead atoms. The average molecular weight is 366 g/mol. The average Bonchev–Trinajstić information content (AvgIpc) is 2.53. The standard InChI is InChI=1S/C19H28BrNO/c1-3-5-7-15-21(16-8-6-4-2)19(22)14-11-17-9-12-18(20)13-10-17/h9-14H,3-8,15-16H2,1-2H3. The van der Waals surface area contributed by atoms with E-state index < -0.39 is 0 Å². The first-order chi connectivity index (χ1) is 10.7. The van der Waals surface area contributed by atoms with Gasteiger partial charge in [0.05, 0.1) is 0 Å². The van der Waals surface area contributed by atoms with Crippen LogP contribution in [-0.4, -0.2) is 23.9 Å². The Morgan fingerprint density at radius 1 is 1.00 bits per heavy atom. The molecule has 3 heteroatoms. The molecule has 0 heterocycles. The van der Waals surface area contributed by atoms with Crippen LogP contribution in [0.15, 0.2) is 34.8 Å². The zero-order valence-corrected chi connectivity index (χ0v) is 15.4. The highest BCUT2D eigenvalue weighted by Gasteiger charge is 2.09. The zero-order chi connectivity index (χ0) is 16.2. The van der Waals surface area contributed by atoms with E-state index in [9.17, 15) is 4.79 Å². The van der Waals surface area contributed by atoms with Gasteiger partial charge in [0.2, 0.25) is 5.91 Å². The summed E-state index contributed by atoms with van der Waals surface area (Å²) in [6.07, 6.45) is 10.6. The van der Waals surface area contributed by atoms with Gasteiger partial charge in [0.1, 0.15) is 0 Å². The second-order valence-electron chi connectivity index (χ2n) is 5.62. The lowest BCUT2D eigenvalue weighted by Crippen LogP contribution is -2.31. The summed E-state index contributed by atoms with van der Waals surface area (Å²) in [5.74, 6) is 0.134. The highest BCUT2D eigenvalue weighted by molar-refractivity contribution is 9.10. The summed E-state index contributed by atoms with van der Waals surface area (Å²) in [6.45, 7) is 6.13. The molecule has 1 aromatic carbocycles. The van der Waals surface area contributed by atoms with Crippen molar-refractivity contribution in [2.75, 3.05) is 13.1 Å². The summed E-state index contributed by atoms with van der Waals surface area (Å²) >= 11 is 3.42. The Hall–Kier alpha value is -1.09. The second kappa shape index (κ2) is 11.5. The molecule has 0 spiro atoms. The molecule has 1 amide bonds. The van der Waals surface area contributed by atoms with Crippen LogP contribution in [0, 0.1) is 0 Å². The minimum absolute atomic E-state index is 0.134. The van der Waals surface area contributed by atoms with Gasteiger partial charge in [-0.15, -0.1) is 0 Å². The molecule has 0 aliphatic carbocycles. The predicted octanol–water partition coefficient (Wildman–Crippen LogP) is 5.67. The van der Waals surface area contributed by atoms with Gasteiger partial charge in [0, 0.05) is 23.6 Å². The third-order valence-electron chi connectivity index (χ3n) is 3.66. The number of unbranched alkanes of at least 4 members (excludes halogenated alkanes) is 4. The molecule has 0 N–H and O–H groups in total. The highest BCUT2D eigenvalue weighted by Crippen LogP contribution is 2.12. The van der Waals surface area contributed by atoms with Crippen LogP contribution >= 0.6 is 15.9 Å². The van der Waals surface area contributed by atoms with E-state index in [4.69, 9.17) is 0 Å². The summed E-state index contributed by atoms with van der Waals surface area (Å²) in [5, 5.41) is 0. The van der Waals surface area contributed by atoms with E-state index in [0.717, 1.165) is 36.0 Å². The summed E-state index contributed by atoms with van der Waals surface area (Å²) in [7, 11) is 0. The van der Waals surface area contributed by atoms with Crippen molar-refractivity contribution >= 4 is 27.9 Å². The molecule has 0 atom stereocenters. The van der Waals surface area contributed by atoms with E-state index >= 15 is 0 Å². The van der Waals surface area contributed by atoms with E-state index in [1.54, 1.807) is 6.08 Å². The largest absolute Gasteiger partial charge is 0.339 e. The van der Waals surface area contributed by atoms with Crippen LogP contribution in [0.5, 0.6) is 0 Å². The molecule has 0 saturated heterocycles. The van der Waals surface area contributed by atoms with Crippen LogP contribution in [0.1, 0.15) is 57.9 Å². The third kappa shape index (κ3) is 7.79. The summed E-state index contributed by atoms with van der Waals surface area (Å²) < 4.78 is 1.05. The fourth-order valence-electron chi connectivity index (χ4n) is 2.28. The quantitative estimate of drug-likeness (QED) is 0.386. The molecule has 0 aromatic heterocycles. The van der Waals surface area contributed by atoms with E-state index in [-0.39, 0.29) is 5.91 Å². The number of hydrogen-bond acceptors (Lipinski definition) is 1. The minimum atomic E-state index is 0.134. The second-order valence-corrected chi connectivity index (χ2v) is 6.54. The van der Waals surface area contributed by atoms with Gasteiger partial charge in [-0.2, -0.15) is 0 Å². The van der Waals surface area contributed by atoms with E-state index in [2.05, 4.69) is 29.8 Å². The van der Waals surface area contributed by atoms with Crippen LogP contribution in [-0.2, 0) is 4.79 Å². The smallest absolute Gasteiger partial charge is 0.246 e. The lowest BCUT2D eigenvalue weighted by atomic mass is 10.2. The Morgan fingerprint density at radius 2 is 1.55 bits per heavy atom. The van der Waals surface area contributed by atoms with Gasteiger partial charge in [-0.1, -0.05) is 67.6 Å². The van der Waals surface area contributed by atoms with Gasteiger partial charge in [-0.05, 0) is 36.6 Å². The zero-order valence-electron chi connectivity index (χ0n) is 13.9. The number of halogens is 1. The van der Waals surface area contributed by atoms with Crippen molar-refractivity contribution in [1.82, 2.24) is 4.90 Å². The summed E-state index contributed by atoms with van der Waals surface area (Å²) in [6, 6.07) is 7.99. The fourth-order valence-corrected chi connectivity index (χ4v) is 2.55. The van der Waals surface area contributed by atoms with Gasteiger partial charge in [-0.25, -0.2) is 0 Å². The molecule has 1 rings (SSSR count). The molecule has 0 aliphatic heterocycles. The Bertz CT molecular complexity index is 443. The van der Waals surface area contributed by atoms with Crippen LogP contribution in [0.4, 0.5) is 0 Å². The van der Waals surface area contributed by atoms with E-state index in [1.807, 2.05) is 35.2 Å². The Balaban J connectivity index is 2.58. The van der Waals surface area contributed by atoms with Gasteiger partial charge in [-0.3, -0.25) is 4.79 Å². The number of carbonyl (C=O) groups is 1. The Morgan fingerprint density at radius 3 is 2.05 bits per heavy atom. The summed E-state index contributed by atoms with van der Waals surface area (Å²) in [5.41, 5.74) is 1.05. The number of carbonyl (C=O) groups excluding carboxylic acids is 1. The van der Waals surface area contributed by atoms with Crippen LogP contribution in [0.25, 0.3) is 6.08 Å². The number of benzene rings is 1. The first-order valence-corrected chi connectivity index (χ1v) is 9.19. The number of amides is 1. The Labute approximate surface area is 143 Å². The van der Waals surface area contributed by atoms with E-state index in [1.165, 1.54) is 25.7 Å². The molecule has 0 radical (unpaired) electrons. The SMILES string of the molecule is CCCCCN(CCCCC)C(=O)C=Cc1ccc(Br)cc1. The molecule has 22 heavy (non-hydrogen) atoms. The van der Waals surface area contributed by atoms with Crippen molar-refractivity contribution in [3.8, 4) is 0 Å². The van der Waals surface area contributed by atoms with E-state index in [0.29, 0.717) is 0 Å². The number of rotatable bonds is 10. The van der Waals surface area contributed by atoms with Crippen molar-refractivity contribution < 1.29 is 4.79 Å². The molecule has 0 unspecified atom stereocenters. The maximum atomic E-state index is 12.4. The number of hydrogen-bond donors (Lipinski definition) is 0. The molecule has 0 saturated carbocycles. The van der Waals surface area contributed by atoms with Crippen molar-refractivity contribution in [3.63, 3.8) is 0 Å². The van der Waals surface area contributed by atoms with Crippen LogP contribution in [0.3, 0.4) is 0 Å². The van der Waals surface area contributed by atoms with Gasteiger partial charge < -0.3 is 4.90 Å². The lowest BCUT2D eigenvalue weighted by Gasteiger charge is -2.21. The minimum Gasteiger partial charge on any atom is -0.339 e. The third-order valence-corrected chi connectivity index (χ3v) is 4.19. The van der Waals surface area contributed by atoms with Crippen molar-refractivity contribution in [1.29, 1.82) is 0 Å². The molecule has 122 valence electrons. The molecule has 0 aliphatic rings.